The molecule has 4 rings (SSSR count). The van der Waals surface area contributed by atoms with Gasteiger partial charge >= 0.3 is 0 Å². The van der Waals surface area contributed by atoms with Crippen molar-refractivity contribution in [3.05, 3.63) is 51.8 Å². The van der Waals surface area contributed by atoms with Crippen LogP contribution in [0.25, 0.3) is 16.9 Å². The fourth-order valence-corrected chi connectivity index (χ4v) is 4.04. The van der Waals surface area contributed by atoms with Crippen LogP contribution in [0.3, 0.4) is 0 Å². The molecule has 1 aromatic carbocycles. The average Bonchev–Trinajstić information content (AvgIpc) is 3.07. The first-order valence-electron chi connectivity index (χ1n) is 9.40. The minimum absolute atomic E-state index is 0.102. The van der Waals surface area contributed by atoms with Gasteiger partial charge in [-0.3, -0.25) is 9.36 Å². The molecule has 1 saturated carbocycles. The highest BCUT2D eigenvalue weighted by Gasteiger charge is 2.21. The number of aryl methyl sites for hydroxylation is 1. The Morgan fingerprint density at radius 1 is 1.15 bits per heavy atom. The molecular weight excluding hydrogens is 348 g/mol. The van der Waals surface area contributed by atoms with E-state index in [1.807, 2.05) is 35.8 Å². The quantitative estimate of drug-likeness (QED) is 0.684. The number of benzene rings is 1. The summed E-state index contributed by atoms with van der Waals surface area (Å²) in [5.74, 6) is 1.41. The fraction of sp³-hybridized carbons (Fsp3) is 0.450. The van der Waals surface area contributed by atoms with Gasteiger partial charge in [0.15, 0.2) is 11.2 Å². The van der Waals surface area contributed by atoms with Crippen LogP contribution in [0, 0.1) is 5.92 Å². The molecular formula is C20H23ClN4O. The van der Waals surface area contributed by atoms with Crippen LogP contribution >= 0.6 is 11.6 Å². The number of nitrogens with zero attached hydrogens (tertiary/aromatic N) is 4. The predicted octanol–water partition coefficient (Wildman–Crippen LogP) is 4.38. The first-order valence-corrected chi connectivity index (χ1v) is 9.78. The summed E-state index contributed by atoms with van der Waals surface area (Å²) in [6.07, 6.45) is 8.80. The normalized spacial score (nSPS) is 15.6. The van der Waals surface area contributed by atoms with E-state index in [0.717, 1.165) is 24.5 Å². The van der Waals surface area contributed by atoms with Crippen LogP contribution in [0.1, 0.15) is 44.9 Å². The van der Waals surface area contributed by atoms with Crippen molar-refractivity contribution in [3.63, 3.8) is 0 Å². The van der Waals surface area contributed by atoms with Crippen LogP contribution < -0.4 is 5.56 Å². The topological polar surface area (TPSA) is 52.7 Å². The van der Waals surface area contributed by atoms with Crippen LogP contribution in [-0.2, 0) is 13.0 Å². The molecule has 0 N–H and O–H groups in total. The molecule has 0 aliphatic heterocycles. The Labute approximate surface area is 157 Å². The molecule has 0 spiro atoms. The Balaban J connectivity index is 1.88. The Morgan fingerprint density at radius 2 is 1.88 bits per heavy atom. The molecule has 136 valence electrons. The highest BCUT2D eigenvalue weighted by molar-refractivity contribution is 6.30. The third kappa shape index (κ3) is 3.16. The maximum atomic E-state index is 13.2. The van der Waals surface area contributed by atoms with Crippen LogP contribution in [0.15, 0.2) is 35.4 Å². The third-order valence-electron chi connectivity index (χ3n) is 5.33. The highest BCUT2D eigenvalue weighted by Crippen LogP contribution is 2.27. The van der Waals surface area contributed by atoms with Crippen molar-refractivity contribution >= 4 is 22.8 Å². The molecule has 1 aliphatic rings. The minimum atomic E-state index is -0.102. The standard InChI is InChI=1S/C20H23ClN4O/c1-2-24-13-22-18-19(24)23-17(12-14-6-4-3-5-7-14)25(20(18)26)16-10-8-15(21)9-11-16/h8-11,13-14H,2-7,12H2,1H3. The average molecular weight is 371 g/mol. The molecule has 1 aliphatic carbocycles. The molecule has 2 aromatic heterocycles. The lowest BCUT2D eigenvalue weighted by Crippen LogP contribution is -2.26. The zero-order chi connectivity index (χ0) is 18.1. The van der Waals surface area contributed by atoms with Crippen LogP contribution in [0.4, 0.5) is 0 Å². The van der Waals surface area contributed by atoms with Crippen molar-refractivity contribution in [3.8, 4) is 5.69 Å². The maximum Gasteiger partial charge on any atom is 0.286 e. The second-order valence-electron chi connectivity index (χ2n) is 7.06. The molecule has 3 aromatic rings. The van der Waals surface area contributed by atoms with E-state index >= 15 is 0 Å². The lowest BCUT2D eigenvalue weighted by atomic mass is 9.87. The minimum Gasteiger partial charge on any atom is -0.315 e. The SMILES string of the molecule is CCn1cnc2c(=O)n(-c3ccc(Cl)cc3)c(CC3CCCCC3)nc21. The van der Waals surface area contributed by atoms with E-state index < -0.39 is 0 Å². The van der Waals surface area contributed by atoms with E-state index in [1.165, 1.54) is 32.1 Å². The Hall–Kier alpha value is -2.14. The molecule has 0 atom stereocenters. The molecule has 1 fully saturated rings. The number of halogens is 1. The highest BCUT2D eigenvalue weighted by atomic mass is 35.5. The van der Waals surface area contributed by atoms with E-state index in [4.69, 9.17) is 16.6 Å². The van der Waals surface area contributed by atoms with Gasteiger partial charge in [-0.25, -0.2) is 9.97 Å². The summed E-state index contributed by atoms with van der Waals surface area (Å²) in [6.45, 7) is 2.78. The monoisotopic (exact) mass is 370 g/mol. The zero-order valence-electron chi connectivity index (χ0n) is 15.0. The summed E-state index contributed by atoms with van der Waals surface area (Å²) in [4.78, 5) is 22.4. The number of imidazole rings is 1. The van der Waals surface area contributed by atoms with E-state index in [-0.39, 0.29) is 5.56 Å². The first-order chi connectivity index (χ1) is 12.7. The second-order valence-corrected chi connectivity index (χ2v) is 7.49. The lowest BCUT2D eigenvalue weighted by Gasteiger charge is -2.22. The van der Waals surface area contributed by atoms with Gasteiger partial charge < -0.3 is 4.57 Å². The van der Waals surface area contributed by atoms with Gasteiger partial charge in [0.25, 0.3) is 5.56 Å². The smallest absolute Gasteiger partial charge is 0.286 e. The lowest BCUT2D eigenvalue weighted by molar-refractivity contribution is 0.349. The zero-order valence-corrected chi connectivity index (χ0v) is 15.7. The summed E-state index contributed by atoms with van der Waals surface area (Å²) in [5, 5.41) is 0.653. The van der Waals surface area contributed by atoms with Crippen molar-refractivity contribution < 1.29 is 0 Å². The van der Waals surface area contributed by atoms with Gasteiger partial charge in [-0.1, -0.05) is 43.7 Å². The molecule has 2 heterocycles. The number of hydrogen-bond acceptors (Lipinski definition) is 3. The number of rotatable bonds is 4. The molecule has 0 amide bonds. The number of aromatic nitrogens is 4. The van der Waals surface area contributed by atoms with Crippen molar-refractivity contribution in [2.45, 2.75) is 52.0 Å². The van der Waals surface area contributed by atoms with Crippen LogP contribution in [0.5, 0.6) is 0 Å². The van der Waals surface area contributed by atoms with Gasteiger partial charge in [-0.15, -0.1) is 0 Å². The molecule has 0 saturated heterocycles. The van der Waals surface area contributed by atoms with E-state index in [0.29, 0.717) is 22.1 Å². The summed E-state index contributed by atoms with van der Waals surface area (Å²) in [6, 6.07) is 7.36. The molecule has 0 radical (unpaired) electrons. The third-order valence-corrected chi connectivity index (χ3v) is 5.58. The van der Waals surface area contributed by atoms with Crippen LogP contribution in [-0.4, -0.2) is 19.1 Å². The summed E-state index contributed by atoms with van der Waals surface area (Å²) in [7, 11) is 0. The Bertz CT molecular complexity index is 968. The van der Waals surface area contributed by atoms with Gasteiger partial charge in [-0.05, 0) is 37.1 Å². The summed E-state index contributed by atoms with van der Waals surface area (Å²) >= 11 is 6.03. The molecule has 26 heavy (non-hydrogen) atoms. The Kier molecular flexibility index (Phi) is 4.81. The van der Waals surface area contributed by atoms with Crippen molar-refractivity contribution in [1.29, 1.82) is 0 Å². The maximum absolute atomic E-state index is 13.2. The predicted molar refractivity (Wildman–Crippen MR) is 104 cm³/mol. The van der Waals surface area contributed by atoms with Gasteiger partial charge in [0, 0.05) is 18.0 Å². The molecule has 0 bridgehead atoms. The molecule has 0 unspecified atom stereocenters. The van der Waals surface area contributed by atoms with Crippen molar-refractivity contribution in [2.24, 2.45) is 5.92 Å². The number of fused-ring (bicyclic) bond motifs is 1. The van der Waals surface area contributed by atoms with Gasteiger partial charge in [0.05, 0.1) is 12.0 Å². The van der Waals surface area contributed by atoms with E-state index in [2.05, 4.69) is 4.98 Å². The summed E-state index contributed by atoms with van der Waals surface area (Å²) in [5.41, 5.74) is 1.81. The molecule has 5 nitrogen and oxygen atoms in total. The molecule has 6 heteroatoms. The second kappa shape index (κ2) is 7.23. The van der Waals surface area contributed by atoms with Gasteiger partial charge in [-0.2, -0.15) is 0 Å². The van der Waals surface area contributed by atoms with Gasteiger partial charge in [0.1, 0.15) is 5.82 Å². The van der Waals surface area contributed by atoms with Crippen molar-refractivity contribution in [2.75, 3.05) is 0 Å². The van der Waals surface area contributed by atoms with Gasteiger partial charge in [0.2, 0.25) is 0 Å². The Morgan fingerprint density at radius 3 is 2.58 bits per heavy atom. The van der Waals surface area contributed by atoms with Crippen LogP contribution in [0.2, 0.25) is 5.02 Å². The first kappa shape index (κ1) is 17.3. The largest absolute Gasteiger partial charge is 0.315 e. The van der Waals surface area contributed by atoms with E-state index in [1.54, 1.807) is 10.9 Å². The van der Waals surface area contributed by atoms with E-state index in [9.17, 15) is 4.79 Å². The summed E-state index contributed by atoms with van der Waals surface area (Å²) < 4.78 is 3.66. The number of hydrogen-bond donors (Lipinski definition) is 0. The van der Waals surface area contributed by atoms with Crippen molar-refractivity contribution in [1.82, 2.24) is 19.1 Å². The fourth-order valence-electron chi connectivity index (χ4n) is 3.91.